The van der Waals surface area contributed by atoms with Crippen LogP contribution < -0.4 is 0 Å². The maximum atomic E-state index is 12.2. The van der Waals surface area contributed by atoms with Crippen LogP contribution in [0, 0.1) is 0 Å². The molecule has 2 N–H and O–H groups in total. The van der Waals surface area contributed by atoms with E-state index in [0.29, 0.717) is 6.42 Å². The van der Waals surface area contributed by atoms with Gasteiger partial charge in [0, 0.05) is 29.9 Å². The van der Waals surface area contributed by atoms with Crippen LogP contribution in [0.1, 0.15) is 56.8 Å². The van der Waals surface area contributed by atoms with Gasteiger partial charge in [-0.2, -0.15) is 0 Å². The highest BCUT2D eigenvalue weighted by Gasteiger charge is 2.41. The molecular weight excluding hydrogens is 304 g/mol. The molecule has 2 heterocycles. The second-order valence-electron chi connectivity index (χ2n) is 6.56. The SMILES string of the molecule is CCCCC[C@@H]1c2[nH]c3ccccc3c2C[C@H](C(=O)O)N1C(C)=O. The van der Waals surface area contributed by atoms with E-state index >= 15 is 0 Å². The third-order valence-corrected chi connectivity index (χ3v) is 4.98. The van der Waals surface area contributed by atoms with E-state index < -0.39 is 12.0 Å². The largest absolute Gasteiger partial charge is 0.480 e. The molecule has 5 heteroatoms. The van der Waals surface area contributed by atoms with Crippen molar-refractivity contribution in [2.75, 3.05) is 0 Å². The molecule has 1 aromatic carbocycles. The molecular formula is C19H24N2O3. The van der Waals surface area contributed by atoms with Crippen LogP contribution in [-0.4, -0.2) is 32.9 Å². The van der Waals surface area contributed by atoms with Gasteiger partial charge in [-0.1, -0.05) is 44.4 Å². The number of hydrogen-bond donors (Lipinski definition) is 2. The molecule has 0 spiro atoms. The molecule has 1 aliphatic rings. The highest BCUT2D eigenvalue weighted by Crippen LogP contribution is 2.39. The summed E-state index contributed by atoms with van der Waals surface area (Å²) >= 11 is 0. The number of benzene rings is 1. The van der Waals surface area contributed by atoms with Crippen molar-refractivity contribution in [3.8, 4) is 0 Å². The molecule has 1 amide bonds. The molecule has 24 heavy (non-hydrogen) atoms. The summed E-state index contributed by atoms with van der Waals surface area (Å²) < 4.78 is 0. The zero-order chi connectivity index (χ0) is 17.3. The summed E-state index contributed by atoms with van der Waals surface area (Å²) in [4.78, 5) is 29.1. The van der Waals surface area contributed by atoms with E-state index in [1.54, 1.807) is 4.90 Å². The van der Waals surface area contributed by atoms with Gasteiger partial charge in [0.05, 0.1) is 6.04 Å². The molecule has 128 valence electrons. The average molecular weight is 328 g/mol. The van der Waals surface area contributed by atoms with Crippen molar-refractivity contribution in [2.24, 2.45) is 0 Å². The summed E-state index contributed by atoms with van der Waals surface area (Å²) in [5, 5.41) is 10.7. The molecule has 0 fully saturated rings. The second-order valence-corrected chi connectivity index (χ2v) is 6.56. The number of fused-ring (bicyclic) bond motifs is 3. The first kappa shape index (κ1) is 16.6. The Labute approximate surface area is 141 Å². The topological polar surface area (TPSA) is 73.4 Å². The lowest BCUT2D eigenvalue weighted by Crippen LogP contribution is -2.50. The van der Waals surface area contributed by atoms with Gasteiger partial charge in [-0.25, -0.2) is 4.79 Å². The highest BCUT2D eigenvalue weighted by molar-refractivity contribution is 5.89. The number of carboxylic acids is 1. The minimum absolute atomic E-state index is 0.173. The molecule has 1 aliphatic heterocycles. The molecule has 0 saturated heterocycles. The van der Waals surface area contributed by atoms with E-state index in [-0.39, 0.29) is 11.9 Å². The van der Waals surface area contributed by atoms with Gasteiger partial charge in [0.1, 0.15) is 6.04 Å². The van der Waals surface area contributed by atoms with E-state index in [4.69, 9.17) is 0 Å². The molecule has 2 atom stereocenters. The standard InChI is InChI=1S/C19H24N2O3/c1-3-4-5-10-16-18-14(13-8-6-7-9-15(13)20-18)11-17(19(23)24)21(16)12(2)22/h6-9,16-17,20H,3-5,10-11H2,1-2H3,(H,23,24)/t16-,17-/m1/s1. The number of hydrogen-bond acceptors (Lipinski definition) is 2. The van der Waals surface area contributed by atoms with Gasteiger partial charge in [0.2, 0.25) is 5.91 Å². The highest BCUT2D eigenvalue weighted by atomic mass is 16.4. The van der Waals surface area contributed by atoms with E-state index in [9.17, 15) is 14.7 Å². The summed E-state index contributed by atoms with van der Waals surface area (Å²) in [6, 6.07) is 6.98. The number of amides is 1. The maximum absolute atomic E-state index is 12.2. The fourth-order valence-electron chi connectivity index (χ4n) is 3.89. The summed E-state index contributed by atoms with van der Waals surface area (Å²) in [5.41, 5.74) is 3.08. The second kappa shape index (κ2) is 6.67. The van der Waals surface area contributed by atoms with Crippen molar-refractivity contribution in [1.82, 2.24) is 9.88 Å². The quantitative estimate of drug-likeness (QED) is 0.823. The van der Waals surface area contributed by atoms with Crippen molar-refractivity contribution in [1.29, 1.82) is 0 Å². The van der Waals surface area contributed by atoms with Crippen molar-refractivity contribution in [3.05, 3.63) is 35.5 Å². The number of para-hydroxylation sites is 1. The predicted molar refractivity (Wildman–Crippen MR) is 92.8 cm³/mol. The van der Waals surface area contributed by atoms with Crippen molar-refractivity contribution in [2.45, 2.75) is 58.0 Å². The summed E-state index contributed by atoms with van der Waals surface area (Å²) in [6.07, 6.45) is 4.30. The number of carbonyl (C=O) groups excluding carboxylic acids is 1. The van der Waals surface area contributed by atoms with Crippen LogP contribution in [0.5, 0.6) is 0 Å². The number of aromatic amines is 1. The van der Waals surface area contributed by atoms with Crippen molar-refractivity contribution < 1.29 is 14.7 Å². The number of carboxylic acid groups (broad SMARTS) is 1. The Bertz CT molecular complexity index is 765. The molecule has 0 unspecified atom stereocenters. The minimum Gasteiger partial charge on any atom is -0.480 e. The monoisotopic (exact) mass is 328 g/mol. The smallest absolute Gasteiger partial charge is 0.326 e. The Morgan fingerprint density at radius 1 is 1.29 bits per heavy atom. The number of aliphatic carboxylic acids is 1. The average Bonchev–Trinajstić information content (AvgIpc) is 2.92. The van der Waals surface area contributed by atoms with Crippen LogP contribution in [0.4, 0.5) is 0 Å². The Hall–Kier alpha value is -2.30. The number of aromatic nitrogens is 1. The zero-order valence-corrected chi connectivity index (χ0v) is 14.2. The summed E-state index contributed by atoms with van der Waals surface area (Å²) in [7, 11) is 0. The zero-order valence-electron chi connectivity index (χ0n) is 14.2. The minimum atomic E-state index is -0.929. The van der Waals surface area contributed by atoms with Crippen molar-refractivity contribution in [3.63, 3.8) is 0 Å². The maximum Gasteiger partial charge on any atom is 0.326 e. The summed E-state index contributed by atoms with van der Waals surface area (Å²) in [6.45, 7) is 3.61. The Balaban J connectivity index is 2.10. The molecule has 0 radical (unpaired) electrons. The normalized spacial score (nSPS) is 20.2. The van der Waals surface area contributed by atoms with Crippen LogP contribution in [-0.2, 0) is 16.0 Å². The third kappa shape index (κ3) is 2.79. The van der Waals surface area contributed by atoms with E-state index in [2.05, 4.69) is 11.9 Å². The van der Waals surface area contributed by atoms with E-state index in [1.807, 2.05) is 24.3 Å². The number of unbranched alkanes of at least 4 members (excludes halogenated alkanes) is 2. The van der Waals surface area contributed by atoms with Crippen molar-refractivity contribution >= 4 is 22.8 Å². The fraction of sp³-hybridized carbons (Fsp3) is 0.474. The lowest BCUT2D eigenvalue weighted by Gasteiger charge is -2.39. The Morgan fingerprint density at radius 3 is 2.71 bits per heavy atom. The van der Waals surface area contributed by atoms with E-state index in [0.717, 1.165) is 47.8 Å². The molecule has 0 saturated carbocycles. The number of H-pyrrole nitrogens is 1. The lowest BCUT2D eigenvalue weighted by molar-refractivity contribution is -0.152. The Kier molecular flexibility index (Phi) is 4.60. The molecule has 5 nitrogen and oxygen atoms in total. The number of rotatable bonds is 5. The molecule has 0 bridgehead atoms. The van der Waals surface area contributed by atoms with Gasteiger partial charge in [0.25, 0.3) is 0 Å². The Morgan fingerprint density at radius 2 is 2.04 bits per heavy atom. The van der Waals surface area contributed by atoms with Gasteiger partial charge in [-0.3, -0.25) is 4.79 Å². The molecule has 0 aliphatic carbocycles. The summed E-state index contributed by atoms with van der Waals surface area (Å²) in [5.74, 6) is -1.10. The van der Waals surface area contributed by atoms with Gasteiger partial charge in [-0.15, -0.1) is 0 Å². The first-order valence-electron chi connectivity index (χ1n) is 8.65. The fourth-order valence-corrected chi connectivity index (χ4v) is 3.89. The van der Waals surface area contributed by atoms with E-state index in [1.165, 1.54) is 6.92 Å². The van der Waals surface area contributed by atoms with Crippen LogP contribution in [0.3, 0.4) is 0 Å². The predicted octanol–water partition coefficient (Wildman–Crippen LogP) is 3.65. The lowest BCUT2D eigenvalue weighted by atomic mass is 9.89. The van der Waals surface area contributed by atoms with Gasteiger partial charge < -0.3 is 15.0 Å². The molecule has 1 aromatic heterocycles. The van der Waals surface area contributed by atoms with Crippen LogP contribution in [0.15, 0.2) is 24.3 Å². The van der Waals surface area contributed by atoms with Crippen LogP contribution >= 0.6 is 0 Å². The first-order valence-corrected chi connectivity index (χ1v) is 8.65. The number of nitrogens with one attached hydrogen (secondary N) is 1. The van der Waals surface area contributed by atoms with Gasteiger partial charge in [-0.05, 0) is 18.1 Å². The number of nitrogens with zero attached hydrogens (tertiary/aromatic N) is 1. The molecule has 3 rings (SSSR count). The van der Waals surface area contributed by atoms with Gasteiger partial charge >= 0.3 is 5.97 Å². The first-order chi connectivity index (χ1) is 11.5. The van der Waals surface area contributed by atoms with Gasteiger partial charge in [0.15, 0.2) is 0 Å². The van der Waals surface area contributed by atoms with Crippen LogP contribution in [0.25, 0.3) is 10.9 Å². The molecule has 2 aromatic rings. The number of carbonyl (C=O) groups is 2. The van der Waals surface area contributed by atoms with Crippen LogP contribution in [0.2, 0.25) is 0 Å². The third-order valence-electron chi connectivity index (χ3n) is 4.98.